The van der Waals surface area contributed by atoms with Crippen molar-refractivity contribution in [3.05, 3.63) is 63.6 Å². The zero-order valence-electron chi connectivity index (χ0n) is 15.4. The molecule has 0 radical (unpaired) electrons. The molecule has 5 nitrogen and oxygen atoms in total. The van der Waals surface area contributed by atoms with Crippen LogP contribution in [0.25, 0.3) is 17.2 Å². The molecular weight excluding hydrogens is 328 g/mol. The number of amides is 1. The fraction of sp³-hybridized carbons (Fsp3) is 0.238. The first-order valence-electron chi connectivity index (χ1n) is 8.59. The molecule has 1 aromatic heterocycles. The van der Waals surface area contributed by atoms with E-state index in [1.165, 1.54) is 0 Å². The summed E-state index contributed by atoms with van der Waals surface area (Å²) in [5.74, 6) is -0.978. The number of carbonyl (C=O) groups is 2. The van der Waals surface area contributed by atoms with Crippen LogP contribution in [0.4, 0.5) is 0 Å². The molecule has 1 aliphatic heterocycles. The highest BCUT2D eigenvalue weighted by Crippen LogP contribution is 2.32. The minimum atomic E-state index is -0.935. The monoisotopic (exact) mass is 350 g/mol. The van der Waals surface area contributed by atoms with E-state index in [1.807, 2.05) is 45.9 Å². The summed E-state index contributed by atoms with van der Waals surface area (Å²) in [6.07, 6.45) is 2.77. The molecule has 2 heterocycles. The Labute approximate surface area is 152 Å². The van der Waals surface area contributed by atoms with Gasteiger partial charge in [-0.2, -0.15) is 0 Å². The Bertz CT molecular complexity index is 960. The van der Waals surface area contributed by atoms with Crippen molar-refractivity contribution in [3.63, 3.8) is 0 Å². The lowest BCUT2D eigenvalue weighted by Crippen LogP contribution is -2.15. The second-order valence-electron chi connectivity index (χ2n) is 6.52. The Morgan fingerprint density at radius 1 is 1.15 bits per heavy atom. The van der Waals surface area contributed by atoms with Gasteiger partial charge in [-0.3, -0.25) is 4.79 Å². The highest BCUT2D eigenvalue weighted by Gasteiger charge is 2.23. The fourth-order valence-corrected chi connectivity index (χ4v) is 3.48. The molecule has 3 rings (SSSR count). The van der Waals surface area contributed by atoms with Gasteiger partial charge in [0.2, 0.25) is 0 Å². The average Bonchev–Trinajstić information content (AvgIpc) is 3.03. The molecule has 0 saturated heterocycles. The van der Waals surface area contributed by atoms with Crippen molar-refractivity contribution >= 4 is 18.0 Å². The van der Waals surface area contributed by atoms with Crippen molar-refractivity contribution in [2.24, 2.45) is 0 Å². The Morgan fingerprint density at radius 2 is 1.81 bits per heavy atom. The number of hydrogen-bond donors (Lipinski definition) is 3. The molecule has 0 fully saturated rings. The third-order valence-electron chi connectivity index (χ3n) is 4.91. The number of allylic oxidation sites excluding steroid dienone is 1. The number of carbonyl (C=O) groups excluding carboxylic acids is 1. The van der Waals surface area contributed by atoms with Crippen molar-refractivity contribution < 1.29 is 14.7 Å². The third kappa shape index (κ3) is 2.96. The number of aromatic nitrogens is 1. The van der Waals surface area contributed by atoms with E-state index in [9.17, 15) is 9.59 Å². The SMILES string of the molecule is CCC1=C(C)C(=O)N/C1=C\c1[nH]c(C)c(-c2ccc(C(=O)O)cc2)c1C. The number of benzene rings is 1. The lowest BCUT2D eigenvalue weighted by atomic mass is 9.99. The van der Waals surface area contributed by atoms with Crippen molar-refractivity contribution in [2.45, 2.75) is 34.1 Å². The molecule has 134 valence electrons. The van der Waals surface area contributed by atoms with E-state index in [4.69, 9.17) is 5.11 Å². The van der Waals surface area contributed by atoms with Crippen LogP contribution in [-0.4, -0.2) is 22.0 Å². The van der Waals surface area contributed by atoms with E-state index in [0.717, 1.165) is 51.3 Å². The minimum Gasteiger partial charge on any atom is -0.478 e. The van der Waals surface area contributed by atoms with Gasteiger partial charge in [0, 0.05) is 28.2 Å². The molecule has 0 saturated carbocycles. The predicted octanol–water partition coefficient (Wildman–Crippen LogP) is 4.19. The third-order valence-corrected chi connectivity index (χ3v) is 4.91. The molecule has 2 aromatic rings. The van der Waals surface area contributed by atoms with Crippen molar-refractivity contribution in [1.82, 2.24) is 10.3 Å². The van der Waals surface area contributed by atoms with Crippen LogP contribution in [0.1, 0.15) is 47.6 Å². The number of rotatable bonds is 4. The zero-order valence-corrected chi connectivity index (χ0v) is 15.4. The highest BCUT2D eigenvalue weighted by molar-refractivity contribution is 6.01. The molecule has 1 aliphatic rings. The highest BCUT2D eigenvalue weighted by atomic mass is 16.4. The Hall–Kier alpha value is -3.08. The number of nitrogens with one attached hydrogen (secondary N) is 2. The van der Waals surface area contributed by atoms with Crippen LogP contribution in [0.15, 0.2) is 41.1 Å². The molecule has 0 unspecified atom stereocenters. The number of carboxylic acid groups (broad SMARTS) is 1. The molecular formula is C21H22N2O3. The van der Waals surface area contributed by atoms with Crippen LogP contribution >= 0.6 is 0 Å². The first kappa shape index (κ1) is 17.7. The number of H-pyrrole nitrogens is 1. The van der Waals surface area contributed by atoms with E-state index in [2.05, 4.69) is 10.3 Å². The van der Waals surface area contributed by atoms with Gasteiger partial charge < -0.3 is 15.4 Å². The van der Waals surface area contributed by atoms with Gasteiger partial charge in [0.25, 0.3) is 5.91 Å². The summed E-state index contributed by atoms with van der Waals surface area (Å²) >= 11 is 0. The Morgan fingerprint density at radius 3 is 2.38 bits per heavy atom. The normalized spacial score (nSPS) is 15.7. The summed E-state index contributed by atoms with van der Waals surface area (Å²) in [6, 6.07) is 6.87. The quantitative estimate of drug-likeness (QED) is 0.773. The topological polar surface area (TPSA) is 82.2 Å². The lowest BCUT2D eigenvalue weighted by Gasteiger charge is -2.05. The number of aromatic carboxylic acids is 1. The molecule has 1 amide bonds. The van der Waals surface area contributed by atoms with Crippen LogP contribution in [0.2, 0.25) is 0 Å². The van der Waals surface area contributed by atoms with Gasteiger partial charge in [-0.1, -0.05) is 19.1 Å². The second kappa shape index (κ2) is 6.67. The zero-order chi connectivity index (χ0) is 19.0. The van der Waals surface area contributed by atoms with Crippen molar-refractivity contribution in [1.29, 1.82) is 0 Å². The molecule has 5 heteroatoms. The van der Waals surface area contributed by atoms with Crippen LogP contribution in [0, 0.1) is 13.8 Å². The Kier molecular flexibility index (Phi) is 4.55. The molecule has 0 spiro atoms. The van der Waals surface area contributed by atoms with E-state index < -0.39 is 5.97 Å². The molecule has 0 bridgehead atoms. The van der Waals surface area contributed by atoms with E-state index in [1.54, 1.807) is 12.1 Å². The standard InChI is InChI=1S/C21H22N2O3/c1-5-16-11(2)20(24)23-18(16)10-17-12(3)19(13(4)22-17)14-6-8-15(9-7-14)21(25)26/h6-10,22H,5H2,1-4H3,(H,23,24)(H,25,26)/b18-10-. The summed E-state index contributed by atoms with van der Waals surface area (Å²) in [7, 11) is 0. The van der Waals surface area contributed by atoms with Crippen LogP contribution in [0.3, 0.4) is 0 Å². The van der Waals surface area contributed by atoms with Gasteiger partial charge in [0.05, 0.1) is 5.56 Å². The maximum absolute atomic E-state index is 11.9. The number of carboxylic acids is 1. The summed E-state index contributed by atoms with van der Waals surface area (Å²) in [5, 5.41) is 12.0. The average molecular weight is 350 g/mol. The van der Waals surface area contributed by atoms with Crippen molar-refractivity contribution in [3.8, 4) is 11.1 Å². The molecule has 26 heavy (non-hydrogen) atoms. The van der Waals surface area contributed by atoms with E-state index in [-0.39, 0.29) is 11.5 Å². The molecule has 3 N–H and O–H groups in total. The van der Waals surface area contributed by atoms with Gasteiger partial charge in [0.1, 0.15) is 0 Å². The van der Waals surface area contributed by atoms with Gasteiger partial charge in [-0.05, 0) is 62.1 Å². The predicted molar refractivity (Wildman–Crippen MR) is 102 cm³/mol. The van der Waals surface area contributed by atoms with Crippen LogP contribution < -0.4 is 5.32 Å². The maximum Gasteiger partial charge on any atom is 0.335 e. The van der Waals surface area contributed by atoms with Crippen molar-refractivity contribution in [2.75, 3.05) is 0 Å². The van der Waals surface area contributed by atoms with E-state index in [0.29, 0.717) is 0 Å². The lowest BCUT2D eigenvalue weighted by molar-refractivity contribution is -0.116. The molecule has 0 atom stereocenters. The molecule has 0 aliphatic carbocycles. The number of aromatic amines is 1. The summed E-state index contributed by atoms with van der Waals surface area (Å²) in [4.78, 5) is 26.4. The Balaban J connectivity index is 2.03. The first-order valence-corrected chi connectivity index (χ1v) is 8.59. The second-order valence-corrected chi connectivity index (χ2v) is 6.52. The largest absolute Gasteiger partial charge is 0.478 e. The first-order chi connectivity index (χ1) is 12.3. The van der Waals surface area contributed by atoms with Crippen LogP contribution in [0.5, 0.6) is 0 Å². The van der Waals surface area contributed by atoms with Gasteiger partial charge >= 0.3 is 5.97 Å². The number of aryl methyl sites for hydroxylation is 1. The number of hydrogen-bond acceptors (Lipinski definition) is 2. The van der Waals surface area contributed by atoms with Gasteiger partial charge in [-0.25, -0.2) is 4.79 Å². The van der Waals surface area contributed by atoms with Crippen LogP contribution in [-0.2, 0) is 4.79 Å². The fourth-order valence-electron chi connectivity index (χ4n) is 3.48. The maximum atomic E-state index is 11.9. The van der Waals surface area contributed by atoms with Gasteiger partial charge in [0.15, 0.2) is 0 Å². The van der Waals surface area contributed by atoms with E-state index >= 15 is 0 Å². The summed E-state index contributed by atoms with van der Waals surface area (Å²) < 4.78 is 0. The summed E-state index contributed by atoms with van der Waals surface area (Å²) in [5.41, 5.74) is 7.93. The summed E-state index contributed by atoms with van der Waals surface area (Å²) in [6.45, 7) is 7.90. The minimum absolute atomic E-state index is 0.0430. The molecule has 1 aromatic carbocycles. The smallest absolute Gasteiger partial charge is 0.335 e. The van der Waals surface area contributed by atoms with Gasteiger partial charge in [-0.15, -0.1) is 0 Å².